The van der Waals surface area contributed by atoms with Crippen molar-refractivity contribution < 1.29 is 4.79 Å². The molecule has 0 atom stereocenters. The number of amides is 1. The molecule has 0 aliphatic heterocycles. The number of rotatable bonds is 4. The first-order valence-corrected chi connectivity index (χ1v) is 7.34. The van der Waals surface area contributed by atoms with Crippen LogP contribution in [0.3, 0.4) is 0 Å². The Kier molecular flexibility index (Phi) is 4.57. The highest BCUT2D eigenvalue weighted by atomic mass is 35.5. The lowest BCUT2D eigenvalue weighted by Gasteiger charge is -2.03. The Labute approximate surface area is 126 Å². The Hall–Kier alpha value is -1.66. The highest BCUT2D eigenvalue weighted by Gasteiger charge is 2.12. The molecule has 1 amide bonds. The summed E-state index contributed by atoms with van der Waals surface area (Å²) in [7, 11) is 0. The summed E-state index contributed by atoms with van der Waals surface area (Å²) < 4.78 is 0. The van der Waals surface area contributed by atoms with Gasteiger partial charge in [0.25, 0.3) is 5.91 Å². The van der Waals surface area contributed by atoms with Gasteiger partial charge in [-0.1, -0.05) is 36.8 Å². The van der Waals surface area contributed by atoms with Crippen molar-refractivity contribution >= 4 is 39.7 Å². The number of anilines is 2. The van der Waals surface area contributed by atoms with Gasteiger partial charge in [0.15, 0.2) is 0 Å². The molecular weight excluding hydrogens is 296 g/mol. The molecule has 3 N–H and O–H groups in total. The fraction of sp³-hybridized carbons (Fsp3) is 0.308. The molecule has 1 heterocycles. The molecule has 0 spiro atoms. The van der Waals surface area contributed by atoms with Crippen molar-refractivity contribution in [1.82, 2.24) is 10.2 Å². The van der Waals surface area contributed by atoms with Crippen molar-refractivity contribution in [3.63, 3.8) is 0 Å². The first-order chi connectivity index (χ1) is 9.45. The van der Waals surface area contributed by atoms with Gasteiger partial charge >= 0.3 is 0 Å². The van der Waals surface area contributed by atoms with Crippen LogP contribution in [0.1, 0.15) is 29.2 Å². The van der Waals surface area contributed by atoms with E-state index in [1.807, 2.05) is 0 Å². The number of hydrogen-bond acceptors (Lipinski definition) is 5. The molecule has 0 fully saturated rings. The second-order valence-corrected chi connectivity index (χ2v) is 6.26. The lowest BCUT2D eigenvalue weighted by molar-refractivity contribution is 0.102. The minimum atomic E-state index is -0.277. The number of halogens is 1. The fourth-order valence-electron chi connectivity index (χ4n) is 1.59. The SMILES string of the molecule is CC(C)Cc1nnc(NC(=O)c2ccc(Cl)c(N)c2)s1. The lowest BCUT2D eigenvalue weighted by atomic mass is 10.1. The van der Waals surface area contributed by atoms with Crippen molar-refractivity contribution in [2.24, 2.45) is 5.92 Å². The van der Waals surface area contributed by atoms with Gasteiger partial charge < -0.3 is 5.73 Å². The predicted molar refractivity (Wildman–Crippen MR) is 82.3 cm³/mol. The standard InChI is InChI=1S/C13H15ClN4OS/c1-7(2)5-11-17-18-13(20-11)16-12(19)8-3-4-9(14)10(15)6-8/h3-4,6-7H,5,15H2,1-2H3,(H,16,18,19). The highest BCUT2D eigenvalue weighted by molar-refractivity contribution is 7.15. The smallest absolute Gasteiger partial charge is 0.257 e. The van der Waals surface area contributed by atoms with Gasteiger partial charge in [0, 0.05) is 12.0 Å². The summed E-state index contributed by atoms with van der Waals surface area (Å²) in [6, 6.07) is 4.74. The summed E-state index contributed by atoms with van der Waals surface area (Å²) >= 11 is 7.20. The summed E-state index contributed by atoms with van der Waals surface area (Å²) in [4.78, 5) is 12.0. The average Bonchev–Trinajstić information content (AvgIpc) is 2.79. The van der Waals surface area contributed by atoms with E-state index in [-0.39, 0.29) is 5.91 Å². The van der Waals surface area contributed by atoms with Gasteiger partial charge in [-0.3, -0.25) is 10.1 Å². The zero-order valence-electron chi connectivity index (χ0n) is 11.2. The van der Waals surface area contributed by atoms with Crippen molar-refractivity contribution in [3.8, 4) is 0 Å². The van der Waals surface area contributed by atoms with E-state index >= 15 is 0 Å². The molecule has 0 radical (unpaired) electrons. The molecule has 20 heavy (non-hydrogen) atoms. The number of aromatic nitrogens is 2. The highest BCUT2D eigenvalue weighted by Crippen LogP contribution is 2.22. The van der Waals surface area contributed by atoms with E-state index in [1.54, 1.807) is 12.1 Å². The Balaban J connectivity index is 2.07. The lowest BCUT2D eigenvalue weighted by Crippen LogP contribution is -2.12. The van der Waals surface area contributed by atoms with Crippen LogP contribution >= 0.6 is 22.9 Å². The molecule has 106 valence electrons. The molecule has 0 bridgehead atoms. The number of carbonyl (C=O) groups is 1. The largest absolute Gasteiger partial charge is 0.398 e. The summed E-state index contributed by atoms with van der Waals surface area (Å²) in [5.74, 6) is 0.225. The van der Waals surface area contributed by atoms with Crippen LogP contribution in [0, 0.1) is 5.92 Å². The Morgan fingerprint density at radius 1 is 1.45 bits per heavy atom. The summed E-state index contributed by atoms with van der Waals surface area (Å²) in [5.41, 5.74) is 6.48. The van der Waals surface area contributed by atoms with Gasteiger partial charge in [-0.15, -0.1) is 10.2 Å². The summed E-state index contributed by atoms with van der Waals surface area (Å²) in [6.45, 7) is 4.21. The summed E-state index contributed by atoms with van der Waals surface area (Å²) in [5, 5.41) is 12.5. The monoisotopic (exact) mass is 310 g/mol. The van der Waals surface area contributed by atoms with Crippen LogP contribution in [0.5, 0.6) is 0 Å². The van der Waals surface area contributed by atoms with Crippen molar-refractivity contribution in [2.45, 2.75) is 20.3 Å². The van der Waals surface area contributed by atoms with Crippen LogP contribution in [0.4, 0.5) is 10.8 Å². The fourth-order valence-corrected chi connectivity index (χ4v) is 2.65. The number of nitrogens with one attached hydrogen (secondary N) is 1. The Bertz CT molecular complexity index is 627. The predicted octanol–water partition coefficient (Wildman–Crippen LogP) is 3.22. The van der Waals surface area contributed by atoms with Gasteiger partial charge in [0.05, 0.1) is 10.7 Å². The van der Waals surface area contributed by atoms with Gasteiger partial charge in [0.2, 0.25) is 5.13 Å². The molecule has 1 aromatic heterocycles. The van der Waals surface area contributed by atoms with E-state index in [2.05, 4.69) is 29.4 Å². The van der Waals surface area contributed by atoms with Crippen LogP contribution in [0.25, 0.3) is 0 Å². The number of nitrogens with zero attached hydrogens (tertiary/aromatic N) is 2. The average molecular weight is 311 g/mol. The van der Waals surface area contributed by atoms with Crippen LogP contribution in [0.2, 0.25) is 5.02 Å². The second kappa shape index (κ2) is 6.19. The van der Waals surface area contributed by atoms with Crippen molar-refractivity contribution in [3.05, 3.63) is 33.8 Å². The first kappa shape index (κ1) is 14.7. The third-order valence-electron chi connectivity index (χ3n) is 2.53. The normalized spacial score (nSPS) is 10.8. The molecule has 0 saturated carbocycles. The number of carbonyl (C=O) groups excluding carboxylic acids is 1. The molecule has 0 aliphatic carbocycles. The molecule has 1 aromatic carbocycles. The zero-order valence-corrected chi connectivity index (χ0v) is 12.8. The molecule has 0 aliphatic rings. The quantitative estimate of drug-likeness (QED) is 0.850. The molecule has 2 aromatic rings. The maximum absolute atomic E-state index is 12.0. The molecule has 7 heteroatoms. The van der Waals surface area contributed by atoms with Crippen molar-refractivity contribution in [2.75, 3.05) is 11.1 Å². The third kappa shape index (κ3) is 3.68. The van der Waals surface area contributed by atoms with Gasteiger partial charge in [-0.05, 0) is 24.1 Å². The first-order valence-electron chi connectivity index (χ1n) is 6.14. The van der Waals surface area contributed by atoms with E-state index in [4.69, 9.17) is 17.3 Å². The van der Waals surface area contributed by atoms with E-state index in [0.29, 0.717) is 27.3 Å². The Morgan fingerprint density at radius 3 is 2.85 bits per heavy atom. The zero-order chi connectivity index (χ0) is 14.7. The third-order valence-corrected chi connectivity index (χ3v) is 3.73. The van der Waals surface area contributed by atoms with E-state index in [1.165, 1.54) is 17.4 Å². The minimum Gasteiger partial charge on any atom is -0.398 e. The minimum absolute atomic E-state index is 0.277. The summed E-state index contributed by atoms with van der Waals surface area (Å²) in [6.07, 6.45) is 0.849. The second-order valence-electron chi connectivity index (χ2n) is 4.79. The number of nitrogens with two attached hydrogens (primary N) is 1. The molecule has 5 nitrogen and oxygen atoms in total. The van der Waals surface area contributed by atoms with Crippen molar-refractivity contribution in [1.29, 1.82) is 0 Å². The van der Waals surface area contributed by atoms with Gasteiger partial charge in [0.1, 0.15) is 5.01 Å². The number of hydrogen-bond donors (Lipinski definition) is 2. The topological polar surface area (TPSA) is 80.9 Å². The Morgan fingerprint density at radius 2 is 2.20 bits per heavy atom. The van der Waals surface area contributed by atoms with Gasteiger partial charge in [-0.2, -0.15) is 0 Å². The molecule has 0 saturated heterocycles. The van der Waals surface area contributed by atoms with Crippen LogP contribution in [-0.2, 0) is 6.42 Å². The van der Waals surface area contributed by atoms with E-state index in [9.17, 15) is 4.79 Å². The van der Waals surface area contributed by atoms with E-state index < -0.39 is 0 Å². The maximum atomic E-state index is 12.0. The maximum Gasteiger partial charge on any atom is 0.257 e. The number of nitrogen functional groups attached to an aromatic ring is 1. The van der Waals surface area contributed by atoms with Gasteiger partial charge in [-0.25, -0.2) is 0 Å². The molecule has 2 rings (SSSR count). The molecular formula is C13H15ClN4OS. The number of benzene rings is 1. The van der Waals surface area contributed by atoms with Crippen LogP contribution in [0.15, 0.2) is 18.2 Å². The van der Waals surface area contributed by atoms with Crippen LogP contribution < -0.4 is 11.1 Å². The molecule has 0 unspecified atom stereocenters. The van der Waals surface area contributed by atoms with Crippen LogP contribution in [-0.4, -0.2) is 16.1 Å². The van der Waals surface area contributed by atoms with E-state index in [0.717, 1.165) is 11.4 Å².